The van der Waals surface area contributed by atoms with Crippen LogP contribution < -0.4 is 5.32 Å². The zero-order valence-electron chi connectivity index (χ0n) is 10.2. The van der Waals surface area contributed by atoms with Gasteiger partial charge >= 0.3 is 0 Å². The van der Waals surface area contributed by atoms with Crippen LogP contribution in [0.2, 0.25) is 0 Å². The van der Waals surface area contributed by atoms with Crippen molar-refractivity contribution in [3.63, 3.8) is 0 Å². The molecular weight excluding hydrogens is 188 g/mol. The zero-order chi connectivity index (χ0) is 11.3. The summed E-state index contributed by atoms with van der Waals surface area (Å²) in [5, 5.41) is 7.52. The van der Waals surface area contributed by atoms with Crippen LogP contribution in [0.5, 0.6) is 0 Å². The fourth-order valence-corrected chi connectivity index (χ4v) is 1.42. The van der Waals surface area contributed by atoms with E-state index < -0.39 is 0 Å². The second kappa shape index (κ2) is 5.26. The Labute approximate surface area is 92.1 Å². The summed E-state index contributed by atoms with van der Waals surface area (Å²) in [6.45, 7) is 7.64. The number of unbranched alkanes of at least 4 members (excludes halogenated alkanes) is 1. The van der Waals surface area contributed by atoms with E-state index in [2.05, 4.69) is 36.2 Å². The van der Waals surface area contributed by atoms with Gasteiger partial charge in [0.05, 0.1) is 0 Å². The van der Waals surface area contributed by atoms with Crippen molar-refractivity contribution in [2.24, 2.45) is 7.05 Å². The molecule has 1 N–H and O–H groups in total. The van der Waals surface area contributed by atoms with Crippen LogP contribution in [0.25, 0.3) is 0 Å². The van der Waals surface area contributed by atoms with E-state index in [0.717, 1.165) is 25.2 Å². The molecule has 0 spiro atoms. The molecule has 1 aromatic heterocycles. The molecule has 0 saturated carbocycles. The molecule has 4 heteroatoms. The van der Waals surface area contributed by atoms with Crippen molar-refractivity contribution in [2.75, 3.05) is 6.54 Å². The highest BCUT2D eigenvalue weighted by Crippen LogP contribution is 2.02. The van der Waals surface area contributed by atoms with Crippen LogP contribution in [-0.2, 0) is 13.5 Å². The van der Waals surface area contributed by atoms with Gasteiger partial charge in [0.15, 0.2) is 0 Å². The van der Waals surface area contributed by atoms with Crippen LogP contribution in [-0.4, -0.2) is 26.8 Å². The van der Waals surface area contributed by atoms with Crippen LogP contribution in [0.15, 0.2) is 6.33 Å². The summed E-state index contributed by atoms with van der Waals surface area (Å²) in [7, 11) is 1.94. The highest BCUT2D eigenvalue weighted by molar-refractivity contribution is 4.83. The first kappa shape index (κ1) is 12.2. The van der Waals surface area contributed by atoms with Gasteiger partial charge in [-0.2, -0.15) is 5.10 Å². The molecule has 1 rings (SSSR count). The van der Waals surface area contributed by atoms with E-state index in [1.54, 1.807) is 6.33 Å². The normalized spacial score (nSPS) is 12.0. The summed E-state index contributed by atoms with van der Waals surface area (Å²) >= 11 is 0. The molecule has 0 aliphatic heterocycles. The molecule has 4 nitrogen and oxygen atoms in total. The molecule has 0 aromatic carbocycles. The van der Waals surface area contributed by atoms with E-state index in [0.29, 0.717) is 0 Å². The molecule has 0 aliphatic rings. The van der Waals surface area contributed by atoms with E-state index in [-0.39, 0.29) is 5.54 Å². The van der Waals surface area contributed by atoms with Crippen LogP contribution in [0.1, 0.15) is 39.4 Å². The Morgan fingerprint density at radius 3 is 2.60 bits per heavy atom. The van der Waals surface area contributed by atoms with Crippen LogP contribution in [0.3, 0.4) is 0 Å². The molecule has 1 aromatic rings. The minimum absolute atomic E-state index is 0.227. The third kappa shape index (κ3) is 4.93. The van der Waals surface area contributed by atoms with E-state index in [4.69, 9.17) is 0 Å². The summed E-state index contributed by atoms with van der Waals surface area (Å²) in [5.41, 5.74) is 0.227. The number of hydrogen-bond acceptors (Lipinski definition) is 3. The largest absolute Gasteiger partial charge is 0.312 e. The highest BCUT2D eigenvalue weighted by atomic mass is 15.3. The molecule has 15 heavy (non-hydrogen) atoms. The SMILES string of the molecule is Cn1ncnc1CCCCNC(C)(C)C. The Balaban J connectivity index is 2.10. The smallest absolute Gasteiger partial charge is 0.138 e. The van der Waals surface area contributed by atoms with Crippen molar-refractivity contribution in [3.05, 3.63) is 12.2 Å². The minimum Gasteiger partial charge on any atom is -0.312 e. The van der Waals surface area contributed by atoms with Gasteiger partial charge < -0.3 is 5.32 Å². The maximum absolute atomic E-state index is 4.19. The Hall–Kier alpha value is -0.900. The van der Waals surface area contributed by atoms with Crippen LogP contribution in [0.4, 0.5) is 0 Å². The molecule has 0 fully saturated rings. The third-order valence-corrected chi connectivity index (χ3v) is 2.29. The summed E-state index contributed by atoms with van der Waals surface area (Å²) in [4.78, 5) is 4.19. The number of hydrogen-bond donors (Lipinski definition) is 1. The second-order valence-electron chi connectivity index (χ2n) is 4.93. The molecule has 0 unspecified atom stereocenters. The Morgan fingerprint density at radius 1 is 1.33 bits per heavy atom. The van der Waals surface area contributed by atoms with Gasteiger partial charge in [-0.25, -0.2) is 4.98 Å². The summed E-state index contributed by atoms with van der Waals surface area (Å²) in [6.07, 6.45) is 4.98. The maximum Gasteiger partial charge on any atom is 0.138 e. The lowest BCUT2D eigenvalue weighted by molar-refractivity contribution is 0.418. The van der Waals surface area contributed by atoms with Gasteiger partial charge in [0, 0.05) is 19.0 Å². The minimum atomic E-state index is 0.227. The Bertz CT molecular complexity index is 285. The maximum atomic E-state index is 4.19. The molecular formula is C11H22N4. The average Bonchev–Trinajstić information content (AvgIpc) is 2.49. The summed E-state index contributed by atoms with van der Waals surface area (Å²) < 4.78 is 1.84. The Morgan fingerprint density at radius 2 is 2.07 bits per heavy atom. The molecule has 1 heterocycles. The third-order valence-electron chi connectivity index (χ3n) is 2.29. The van der Waals surface area contributed by atoms with E-state index in [9.17, 15) is 0 Å². The number of nitrogens with one attached hydrogen (secondary N) is 1. The predicted molar refractivity (Wildman–Crippen MR) is 61.7 cm³/mol. The summed E-state index contributed by atoms with van der Waals surface area (Å²) in [6, 6.07) is 0. The lowest BCUT2D eigenvalue weighted by Gasteiger charge is -2.20. The van der Waals surface area contributed by atoms with Gasteiger partial charge in [-0.05, 0) is 40.2 Å². The van der Waals surface area contributed by atoms with E-state index in [1.165, 1.54) is 6.42 Å². The number of aromatic nitrogens is 3. The van der Waals surface area contributed by atoms with Gasteiger partial charge in [-0.15, -0.1) is 0 Å². The first-order valence-corrected chi connectivity index (χ1v) is 5.57. The average molecular weight is 210 g/mol. The van der Waals surface area contributed by atoms with Gasteiger partial charge in [0.2, 0.25) is 0 Å². The first-order chi connectivity index (χ1) is 6.99. The lowest BCUT2D eigenvalue weighted by Crippen LogP contribution is -2.36. The standard InChI is InChI=1S/C11H22N4/c1-11(2,3)13-8-6-5-7-10-12-9-14-15(10)4/h9,13H,5-8H2,1-4H3. The van der Waals surface area contributed by atoms with E-state index in [1.807, 2.05) is 11.7 Å². The number of aryl methyl sites for hydroxylation is 2. The summed E-state index contributed by atoms with van der Waals surface area (Å²) in [5.74, 6) is 1.07. The number of nitrogens with zero attached hydrogens (tertiary/aromatic N) is 3. The topological polar surface area (TPSA) is 42.7 Å². The quantitative estimate of drug-likeness (QED) is 0.749. The van der Waals surface area contributed by atoms with Crippen molar-refractivity contribution in [3.8, 4) is 0 Å². The van der Waals surface area contributed by atoms with Crippen molar-refractivity contribution >= 4 is 0 Å². The van der Waals surface area contributed by atoms with E-state index >= 15 is 0 Å². The lowest BCUT2D eigenvalue weighted by atomic mass is 10.1. The van der Waals surface area contributed by atoms with Gasteiger partial charge in [0.25, 0.3) is 0 Å². The molecule has 0 radical (unpaired) electrons. The highest BCUT2D eigenvalue weighted by Gasteiger charge is 2.07. The second-order valence-corrected chi connectivity index (χ2v) is 4.93. The van der Waals surface area contributed by atoms with Gasteiger partial charge in [0.1, 0.15) is 12.2 Å². The van der Waals surface area contributed by atoms with Crippen molar-refractivity contribution in [1.82, 2.24) is 20.1 Å². The van der Waals surface area contributed by atoms with Crippen molar-refractivity contribution in [2.45, 2.75) is 45.6 Å². The molecule has 0 atom stereocenters. The first-order valence-electron chi connectivity index (χ1n) is 5.57. The van der Waals surface area contributed by atoms with Crippen LogP contribution >= 0.6 is 0 Å². The Kier molecular flexibility index (Phi) is 4.27. The monoisotopic (exact) mass is 210 g/mol. The zero-order valence-corrected chi connectivity index (χ0v) is 10.2. The van der Waals surface area contributed by atoms with Gasteiger partial charge in [-0.3, -0.25) is 4.68 Å². The fourth-order valence-electron chi connectivity index (χ4n) is 1.42. The molecule has 86 valence electrons. The van der Waals surface area contributed by atoms with Gasteiger partial charge in [-0.1, -0.05) is 0 Å². The predicted octanol–water partition coefficient (Wildman–Crippen LogP) is 1.53. The molecule has 0 saturated heterocycles. The molecule has 0 amide bonds. The van der Waals surface area contributed by atoms with Crippen molar-refractivity contribution < 1.29 is 0 Å². The fraction of sp³-hybridized carbons (Fsp3) is 0.818. The van der Waals surface area contributed by atoms with Crippen LogP contribution in [0, 0.1) is 0 Å². The number of rotatable bonds is 5. The molecule has 0 aliphatic carbocycles. The van der Waals surface area contributed by atoms with Crippen molar-refractivity contribution in [1.29, 1.82) is 0 Å². The molecule has 0 bridgehead atoms.